The van der Waals surface area contributed by atoms with Crippen molar-refractivity contribution in [2.75, 3.05) is 39.8 Å². The van der Waals surface area contributed by atoms with Crippen LogP contribution in [0.5, 0.6) is 0 Å². The molecule has 0 aromatic carbocycles. The van der Waals surface area contributed by atoms with Crippen molar-refractivity contribution < 1.29 is 33.6 Å². The van der Waals surface area contributed by atoms with Crippen molar-refractivity contribution in [3.05, 3.63) is 54.7 Å². The summed E-state index contributed by atoms with van der Waals surface area (Å²) in [5.41, 5.74) is 1.44. The number of amides is 5. The second kappa shape index (κ2) is 16.5. The van der Waals surface area contributed by atoms with Crippen LogP contribution in [-0.2, 0) is 74.0 Å². The molecule has 3 aromatic heterocycles. The maximum Gasteiger partial charge on any atom is 0.355 e. The Kier molecular flexibility index (Phi) is 11.9. The van der Waals surface area contributed by atoms with Crippen LogP contribution in [0.25, 0.3) is 0 Å². The molecule has 5 rings (SSSR count). The van der Waals surface area contributed by atoms with E-state index in [2.05, 4.69) is 35.8 Å². The number of imidazole rings is 3. The average molecular weight is 709 g/mol. The van der Waals surface area contributed by atoms with Gasteiger partial charge in [-0.15, -0.1) is 5.06 Å². The summed E-state index contributed by atoms with van der Waals surface area (Å²) in [5, 5.41) is 8.61. The van der Waals surface area contributed by atoms with Crippen LogP contribution in [0, 0.1) is 0 Å². The van der Waals surface area contributed by atoms with Gasteiger partial charge in [0.2, 0.25) is 17.7 Å². The molecule has 2 aliphatic heterocycles. The Balaban J connectivity index is 1.35. The van der Waals surface area contributed by atoms with Crippen molar-refractivity contribution in [2.24, 2.45) is 21.1 Å². The standard InChI is InChI=1S/C32H44N12O7/c1-39-7-9-43(10-8-39)17-27(45)36-24(11-21-14-40(2)18-33-21)30(48)37-25(12-22-15-41(3)19-34-22)31(49)38-26(13-23-16-42(4)20-35-23)32(50)51-44-28(46)5-6-29(44)47/h14-16,18-20,24-26H,5-13,17H2,1-4H3,(H,36,45)(H,37,48)(H,38,49)/t24-,25-,26-/m0/s1. The van der Waals surface area contributed by atoms with E-state index in [0.29, 0.717) is 35.2 Å². The van der Waals surface area contributed by atoms with E-state index in [1.54, 1.807) is 66.1 Å². The molecule has 51 heavy (non-hydrogen) atoms. The van der Waals surface area contributed by atoms with Gasteiger partial charge in [-0.1, -0.05) is 0 Å². The quantitative estimate of drug-likeness (QED) is 0.137. The van der Waals surface area contributed by atoms with E-state index >= 15 is 0 Å². The number of carbonyl (C=O) groups is 6. The normalized spacial score (nSPS) is 17.2. The maximum atomic E-state index is 14.0. The molecule has 2 aliphatic rings. The first-order valence-electron chi connectivity index (χ1n) is 16.6. The molecular formula is C32H44N12O7. The number of aromatic nitrogens is 6. The van der Waals surface area contributed by atoms with Crippen molar-refractivity contribution in [1.29, 1.82) is 0 Å². The van der Waals surface area contributed by atoms with Crippen molar-refractivity contribution >= 4 is 35.5 Å². The van der Waals surface area contributed by atoms with Gasteiger partial charge >= 0.3 is 5.97 Å². The molecular weight excluding hydrogens is 664 g/mol. The Morgan fingerprint density at radius 1 is 0.667 bits per heavy atom. The molecule has 0 aliphatic carbocycles. The van der Waals surface area contributed by atoms with Gasteiger partial charge in [-0.05, 0) is 7.05 Å². The zero-order valence-electron chi connectivity index (χ0n) is 29.1. The first kappa shape index (κ1) is 36.8. The molecule has 5 amide bonds. The van der Waals surface area contributed by atoms with Crippen LogP contribution in [0.2, 0.25) is 0 Å². The predicted octanol–water partition coefficient (Wildman–Crippen LogP) is -2.78. The Bertz CT molecular complexity index is 1720. The summed E-state index contributed by atoms with van der Waals surface area (Å²) in [7, 11) is 7.28. The molecule has 0 saturated carbocycles. The van der Waals surface area contributed by atoms with E-state index in [1.807, 2.05) is 11.9 Å². The fourth-order valence-electron chi connectivity index (χ4n) is 5.76. The Hall–Kier alpha value is -5.43. The first-order chi connectivity index (χ1) is 24.3. The van der Waals surface area contributed by atoms with E-state index in [4.69, 9.17) is 4.84 Å². The summed E-state index contributed by atoms with van der Waals surface area (Å²) in [6, 6.07) is -3.77. The van der Waals surface area contributed by atoms with Crippen LogP contribution in [0.3, 0.4) is 0 Å². The molecule has 0 unspecified atom stereocenters. The van der Waals surface area contributed by atoms with Crippen molar-refractivity contribution in [3.63, 3.8) is 0 Å². The third-order valence-corrected chi connectivity index (χ3v) is 8.55. The molecule has 3 aromatic rings. The fraction of sp³-hybridized carbons (Fsp3) is 0.531. The van der Waals surface area contributed by atoms with Gasteiger partial charge in [0, 0.05) is 98.0 Å². The molecule has 5 heterocycles. The summed E-state index contributed by atoms with van der Waals surface area (Å²) >= 11 is 0. The van der Waals surface area contributed by atoms with Gasteiger partial charge in [-0.25, -0.2) is 19.7 Å². The Morgan fingerprint density at radius 2 is 1.10 bits per heavy atom. The number of aryl methyl sites for hydroxylation is 3. The lowest BCUT2D eigenvalue weighted by atomic mass is 10.1. The number of hydroxylamine groups is 2. The minimum atomic E-state index is -1.40. The van der Waals surface area contributed by atoms with E-state index in [1.165, 1.54) is 6.33 Å². The zero-order valence-corrected chi connectivity index (χ0v) is 29.1. The van der Waals surface area contributed by atoms with Gasteiger partial charge < -0.3 is 39.4 Å². The second-order valence-corrected chi connectivity index (χ2v) is 13.0. The van der Waals surface area contributed by atoms with Crippen molar-refractivity contribution in [2.45, 2.75) is 50.2 Å². The van der Waals surface area contributed by atoms with Crippen LogP contribution in [-0.4, -0.2) is 137 Å². The molecule has 19 heteroatoms. The lowest BCUT2D eigenvalue weighted by Crippen LogP contribution is -2.58. The highest BCUT2D eigenvalue weighted by molar-refractivity contribution is 6.02. The molecule has 0 spiro atoms. The minimum Gasteiger partial charge on any atom is -0.343 e. The number of nitrogens with zero attached hydrogens (tertiary/aromatic N) is 9. The van der Waals surface area contributed by atoms with Gasteiger partial charge in [-0.2, -0.15) is 0 Å². The van der Waals surface area contributed by atoms with Crippen LogP contribution in [0.1, 0.15) is 29.9 Å². The van der Waals surface area contributed by atoms with Crippen LogP contribution >= 0.6 is 0 Å². The van der Waals surface area contributed by atoms with Gasteiger partial charge in [0.25, 0.3) is 11.8 Å². The van der Waals surface area contributed by atoms with E-state index < -0.39 is 47.7 Å². The van der Waals surface area contributed by atoms with Crippen molar-refractivity contribution in [1.82, 2.24) is 59.5 Å². The number of hydrogen-bond acceptors (Lipinski definition) is 12. The summed E-state index contributed by atoms with van der Waals surface area (Å²) in [6.07, 6.45) is 9.31. The lowest BCUT2D eigenvalue weighted by Gasteiger charge is -2.32. The highest BCUT2D eigenvalue weighted by atomic mass is 16.7. The van der Waals surface area contributed by atoms with Gasteiger partial charge in [0.15, 0.2) is 0 Å². The Labute approximate surface area is 294 Å². The zero-order chi connectivity index (χ0) is 36.7. The molecule has 0 radical (unpaired) electrons. The SMILES string of the molecule is CN1CCN(CC(=O)N[C@@H](Cc2cn(C)cn2)C(=O)N[C@@H](Cc2cn(C)cn2)C(=O)N[C@@H](Cc2cn(C)cn2)C(=O)ON2C(=O)CCC2=O)CC1. The number of likely N-dealkylation sites (N-methyl/N-ethyl adjacent to an activating group) is 1. The predicted molar refractivity (Wildman–Crippen MR) is 178 cm³/mol. The fourth-order valence-corrected chi connectivity index (χ4v) is 5.76. The highest BCUT2D eigenvalue weighted by Gasteiger charge is 2.37. The molecule has 3 N–H and O–H groups in total. The topological polar surface area (TPSA) is 211 Å². The summed E-state index contributed by atoms with van der Waals surface area (Å²) in [6.45, 7) is 3.13. The Morgan fingerprint density at radius 3 is 1.55 bits per heavy atom. The van der Waals surface area contributed by atoms with Crippen molar-refractivity contribution in [3.8, 4) is 0 Å². The van der Waals surface area contributed by atoms with Crippen LogP contribution in [0.4, 0.5) is 0 Å². The number of rotatable bonds is 15. The highest BCUT2D eigenvalue weighted by Crippen LogP contribution is 2.14. The summed E-state index contributed by atoms with van der Waals surface area (Å²) in [5.74, 6) is -4.20. The number of carbonyl (C=O) groups excluding carboxylic acids is 6. The van der Waals surface area contributed by atoms with E-state index in [0.717, 1.165) is 13.1 Å². The first-order valence-corrected chi connectivity index (χ1v) is 16.6. The average Bonchev–Trinajstić information content (AvgIpc) is 3.87. The molecule has 3 atom stereocenters. The van der Waals surface area contributed by atoms with Crippen LogP contribution < -0.4 is 16.0 Å². The lowest BCUT2D eigenvalue weighted by molar-refractivity contribution is -0.199. The van der Waals surface area contributed by atoms with E-state index in [9.17, 15) is 28.8 Å². The van der Waals surface area contributed by atoms with Gasteiger partial charge in [-0.3, -0.25) is 28.9 Å². The molecule has 2 fully saturated rings. The molecule has 0 bridgehead atoms. The second-order valence-electron chi connectivity index (χ2n) is 13.0. The van der Waals surface area contributed by atoms with Gasteiger partial charge in [0.05, 0.1) is 42.6 Å². The molecule has 19 nitrogen and oxygen atoms in total. The number of imide groups is 1. The molecule has 274 valence electrons. The number of hydrogen-bond donors (Lipinski definition) is 3. The molecule has 2 saturated heterocycles. The van der Waals surface area contributed by atoms with E-state index in [-0.39, 0.29) is 44.6 Å². The minimum absolute atomic E-state index is 0.0472. The third kappa shape index (κ3) is 10.3. The largest absolute Gasteiger partial charge is 0.355 e. The number of nitrogens with one attached hydrogen (secondary N) is 3. The maximum absolute atomic E-state index is 14.0. The third-order valence-electron chi connectivity index (χ3n) is 8.55. The number of piperazine rings is 1. The van der Waals surface area contributed by atoms with Crippen LogP contribution in [0.15, 0.2) is 37.6 Å². The van der Waals surface area contributed by atoms with Gasteiger partial charge in [0.1, 0.15) is 18.1 Å². The monoisotopic (exact) mass is 708 g/mol. The summed E-state index contributed by atoms with van der Waals surface area (Å²) in [4.78, 5) is 101. The summed E-state index contributed by atoms with van der Waals surface area (Å²) < 4.78 is 5.05. The smallest absolute Gasteiger partial charge is 0.343 e.